The second kappa shape index (κ2) is 8.39. The van der Waals surface area contributed by atoms with Crippen LogP contribution in [0.15, 0.2) is 66.1 Å². The quantitative estimate of drug-likeness (QED) is 0.418. The van der Waals surface area contributed by atoms with Crippen LogP contribution in [0.5, 0.6) is 0 Å². The number of rotatable bonds is 5. The largest absolute Gasteiger partial charge is 0.364 e. The molecule has 7 nitrogen and oxygen atoms in total. The summed E-state index contributed by atoms with van der Waals surface area (Å²) in [6.07, 6.45) is 8.40. The Kier molecular flexibility index (Phi) is 5.30. The van der Waals surface area contributed by atoms with Crippen molar-refractivity contribution < 1.29 is 17.2 Å². The predicted molar refractivity (Wildman–Crippen MR) is 129 cm³/mol. The second-order valence-electron chi connectivity index (χ2n) is 8.94. The first-order chi connectivity index (χ1) is 16.9. The standard InChI is InChI=1S/C25H23F2N5O2S/c26-21-13-18(14-22(27)25(21)31-11-9-30(10-12-31)17-4-5-17)35(33,34)32-8-6-19-20(15-28-16-24(19)32)23-3-1-2-7-29-23/h1-3,6-8,13-17H,4-5,9-12H2. The molecule has 6 rings (SSSR count). The number of anilines is 1. The molecule has 1 aromatic carbocycles. The summed E-state index contributed by atoms with van der Waals surface area (Å²) in [5, 5.41) is 0.619. The zero-order valence-electron chi connectivity index (χ0n) is 18.8. The average Bonchev–Trinajstić information content (AvgIpc) is 3.62. The molecule has 1 aliphatic carbocycles. The van der Waals surface area contributed by atoms with E-state index in [0.29, 0.717) is 41.3 Å². The van der Waals surface area contributed by atoms with Gasteiger partial charge in [-0.05, 0) is 43.2 Å². The topological polar surface area (TPSA) is 71.3 Å². The Labute approximate surface area is 201 Å². The maximum Gasteiger partial charge on any atom is 0.268 e. The maximum absolute atomic E-state index is 15.1. The van der Waals surface area contributed by atoms with Crippen LogP contribution in [0.3, 0.4) is 0 Å². The number of hydrogen-bond donors (Lipinski definition) is 0. The summed E-state index contributed by atoms with van der Waals surface area (Å²) < 4.78 is 58.2. The van der Waals surface area contributed by atoms with Gasteiger partial charge in [-0.2, -0.15) is 0 Å². The SMILES string of the molecule is O=S(=O)(c1cc(F)c(N2CCN(C3CC3)CC2)c(F)c1)n1ccc2c(-c3ccccn3)cncc21. The van der Waals surface area contributed by atoms with E-state index in [9.17, 15) is 8.42 Å². The van der Waals surface area contributed by atoms with E-state index in [2.05, 4.69) is 14.9 Å². The predicted octanol–water partition coefficient (Wildman–Crippen LogP) is 3.90. The van der Waals surface area contributed by atoms with Crippen LogP contribution in [0.2, 0.25) is 0 Å². The zero-order chi connectivity index (χ0) is 24.2. The second-order valence-corrected chi connectivity index (χ2v) is 10.8. The van der Waals surface area contributed by atoms with E-state index in [1.165, 1.54) is 25.2 Å². The van der Waals surface area contributed by atoms with Crippen LogP contribution in [0, 0.1) is 11.6 Å². The molecule has 0 radical (unpaired) electrons. The van der Waals surface area contributed by atoms with Crippen LogP contribution in [-0.4, -0.2) is 59.5 Å². The third-order valence-electron chi connectivity index (χ3n) is 6.76. The fourth-order valence-corrected chi connectivity index (χ4v) is 6.18. The van der Waals surface area contributed by atoms with Gasteiger partial charge in [-0.1, -0.05) is 6.07 Å². The van der Waals surface area contributed by atoms with Crippen molar-refractivity contribution in [2.75, 3.05) is 31.1 Å². The fourth-order valence-electron chi connectivity index (χ4n) is 4.83. The monoisotopic (exact) mass is 495 g/mol. The van der Waals surface area contributed by atoms with E-state index in [1.54, 1.807) is 35.5 Å². The number of halogens is 2. The van der Waals surface area contributed by atoms with Gasteiger partial charge >= 0.3 is 0 Å². The first kappa shape index (κ1) is 22.1. The summed E-state index contributed by atoms with van der Waals surface area (Å²) in [7, 11) is -4.28. The number of pyridine rings is 2. The molecular weight excluding hydrogens is 472 g/mol. The molecule has 35 heavy (non-hydrogen) atoms. The zero-order valence-corrected chi connectivity index (χ0v) is 19.6. The van der Waals surface area contributed by atoms with Gasteiger partial charge < -0.3 is 4.90 Å². The first-order valence-corrected chi connectivity index (χ1v) is 13.0. The van der Waals surface area contributed by atoms with Gasteiger partial charge in [0, 0.05) is 61.8 Å². The van der Waals surface area contributed by atoms with Crippen LogP contribution < -0.4 is 4.90 Å². The summed E-state index contributed by atoms with van der Waals surface area (Å²) >= 11 is 0. The van der Waals surface area contributed by atoms with E-state index < -0.39 is 26.6 Å². The molecule has 0 bridgehead atoms. The third kappa shape index (κ3) is 3.86. The highest BCUT2D eigenvalue weighted by molar-refractivity contribution is 7.90. The van der Waals surface area contributed by atoms with Gasteiger partial charge in [-0.3, -0.25) is 14.9 Å². The number of hydrogen-bond acceptors (Lipinski definition) is 6. The van der Waals surface area contributed by atoms with Crippen molar-refractivity contribution in [3.63, 3.8) is 0 Å². The molecule has 0 spiro atoms. The Morgan fingerprint density at radius 3 is 2.34 bits per heavy atom. The Bertz CT molecular complexity index is 1490. The minimum absolute atomic E-state index is 0.170. The van der Waals surface area contributed by atoms with Gasteiger partial charge in [-0.15, -0.1) is 0 Å². The molecule has 3 aromatic heterocycles. The van der Waals surface area contributed by atoms with Crippen molar-refractivity contribution in [3.05, 3.63) is 72.8 Å². The molecule has 0 atom stereocenters. The minimum Gasteiger partial charge on any atom is -0.364 e. The molecule has 1 saturated heterocycles. The highest BCUT2D eigenvalue weighted by Crippen LogP contribution is 2.33. The van der Waals surface area contributed by atoms with Crippen LogP contribution in [0.25, 0.3) is 22.2 Å². The number of benzene rings is 1. The summed E-state index contributed by atoms with van der Waals surface area (Å²) in [5.74, 6) is -1.76. The Balaban J connectivity index is 1.35. The van der Waals surface area contributed by atoms with Crippen LogP contribution in [0.4, 0.5) is 14.5 Å². The minimum atomic E-state index is -4.28. The van der Waals surface area contributed by atoms with Gasteiger partial charge in [0.15, 0.2) is 11.6 Å². The average molecular weight is 496 g/mol. The third-order valence-corrected chi connectivity index (χ3v) is 8.43. The smallest absolute Gasteiger partial charge is 0.268 e. The molecular formula is C25H23F2N5O2S. The maximum atomic E-state index is 15.1. The number of fused-ring (bicyclic) bond motifs is 1. The van der Waals surface area contributed by atoms with Gasteiger partial charge in [0.1, 0.15) is 5.69 Å². The van der Waals surface area contributed by atoms with Gasteiger partial charge in [-0.25, -0.2) is 21.2 Å². The Morgan fingerprint density at radius 2 is 1.69 bits per heavy atom. The summed E-state index contributed by atoms with van der Waals surface area (Å²) in [6.45, 7) is 2.48. The van der Waals surface area contributed by atoms with Crippen molar-refractivity contribution in [2.24, 2.45) is 0 Å². The lowest BCUT2D eigenvalue weighted by atomic mass is 10.1. The molecule has 4 heterocycles. The van der Waals surface area contributed by atoms with Crippen LogP contribution >= 0.6 is 0 Å². The molecule has 0 amide bonds. The molecule has 4 aromatic rings. The lowest BCUT2D eigenvalue weighted by molar-refractivity contribution is 0.247. The van der Waals surface area contributed by atoms with E-state index >= 15 is 8.78 Å². The van der Waals surface area contributed by atoms with Crippen LogP contribution in [-0.2, 0) is 10.0 Å². The normalized spacial score (nSPS) is 17.3. The van der Waals surface area contributed by atoms with Gasteiger partial charge in [0.2, 0.25) is 0 Å². The molecule has 2 fully saturated rings. The molecule has 1 saturated carbocycles. The molecule has 0 N–H and O–H groups in total. The van der Waals surface area contributed by atoms with Crippen molar-refractivity contribution >= 4 is 26.6 Å². The van der Waals surface area contributed by atoms with Gasteiger partial charge in [0.05, 0.1) is 22.3 Å². The Morgan fingerprint density at radius 1 is 0.943 bits per heavy atom. The molecule has 10 heteroatoms. The van der Waals surface area contributed by atoms with E-state index in [0.717, 1.165) is 29.2 Å². The molecule has 1 aliphatic heterocycles. The number of aromatic nitrogens is 3. The van der Waals surface area contributed by atoms with Crippen LogP contribution in [0.1, 0.15) is 12.8 Å². The van der Waals surface area contributed by atoms with Crippen molar-refractivity contribution in [3.8, 4) is 11.3 Å². The van der Waals surface area contributed by atoms with E-state index in [4.69, 9.17) is 0 Å². The highest BCUT2D eigenvalue weighted by Gasteiger charge is 2.33. The summed E-state index contributed by atoms with van der Waals surface area (Å²) in [5.41, 5.74) is 1.43. The number of nitrogens with zero attached hydrogens (tertiary/aromatic N) is 5. The summed E-state index contributed by atoms with van der Waals surface area (Å²) in [4.78, 5) is 12.0. The van der Waals surface area contributed by atoms with Crippen molar-refractivity contribution in [1.29, 1.82) is 0 Å². The molecule has 2 aliphatic rings. The molecule has 0 unspecified atom stereocenters. The Hall–Kier alpha value is -3.37. The fraction of sp³-hybridized carbons (Fsp3) is 0.280. The van der Waals surface area contributed by atoms with Crippen molar-refractivity contribution in [1.82, 2.24) is 18.8 Å². The lowest BCUT2D eigenvalue weighted by Crippen LogP contribution is -2.47. The lowest BCUT2D eigenvalue weighted by Gasteiger charge is -2.36. The van der Waals surface area contributed by atoms with Crippen molar-refractivity contribution in [2.45, 2.75) is 23.8 Å². The summed E-state index contributed by atoms with van der Waals surface area (Å²) in [6, 6.07) is 9.46. The molecule has 180 valence electrons. The highest BCUT2D eigenvalue weighted by atomic mass is 32.2. The first-order valence-electron chi connectivity index (χ1n) is 11.5. The van der Waals surface area contributed by atoms with Gasteiger partial charge in [0.25, 0.3) is 10.0 Å². The number of piperazine rings is 1. The van der Waals surface area contributed by atoms with E-state index in [1.807, 2.05) is 6.07 Å². The van der Waals surface area contributed by atoms with E-state index in [-0.39, 0.29) is 5.69 Å².